The average Bonchev–Trinajstić information content (AvgIpc) is 2.47. The normalized spacial score (nSPS) is 17.6. The Morgan fingerprint density at radius 1 is 1.22 bits per heavy atom. The summed E-state index contributed by atoms with van der Waals surface area (Å²) in [5, 5.41) is 12.2. The summed E-state index contributed by atoms with van der Waals surface area (Å²) in [5.41, 5.74) is -1.22. The van der Waals surface area contributed by atoms with Crippen LogP contribution in [-0.4, -0.2) is 42.8 Å². The minimum Gasteiger partial charge on any atom is -0.396 e. The fourth-order valence-corrected chi connectivity index (χ4v) is 2.93. The summed E-state index contributed by atoms with van der Waals surface area (Å²) in [5.74, 6) is -1.24. The van der Waals surface area contributed by atoms with E-state index in [0.29, 0.717) is 39.0 Å². The number of piperazine rings is 1. The Morgan fingerprint density at radius 2 is 1.87 bits per heavy atom. The van der Waals surface area contributed by atoms with Crippen molar-refractivity contribution in [3.8, 4) is 0 Å². The van der Waals surface area contributed by atoms with Crippen LogP contribution in [0, 0.1) is 5.82 Å². The molecule has 1 aromatic carbocycles. The lowest BCUT2D eigenvalue weighted by molar-refractivity contribution is -0.141. The number of rotatable bonds is 5. The van der Waals surface area contributed by atoms with Gasteiger partial charge in [-0.3, -0.25) is 4.90 Å². The number of nitrogens with one attached hydrogen (secondary N) is 1. The van der Waals surface area contributed by atoms with E-state index in [4.69, 9.17) is 5.11 Å². The molecular weight excluding hydrogens is 336 g/mol. The van der Waals surface area contributed by atoms with E-state index in [1.54, 1.807) is 0 Å². The fourth-order valence-electron chi connectivity index (χ4n) is 2.93. The van der Waals surface area contributed by atoms with Gasteiger partial charge in [-0.1, -0.05) is 12.1 Å². The Balaban J connectivity index is 0.00000264. The van der Waals surface area contributed by atoms with Crippen LogP contribution in [0.25, 0.3) is 0 Å². The maximum absolute atomic E-state index is 13.8. The van der Waals surface area contributed by atoms with Crippen molar-refractivity contribution in [2.75, 3.05) is 32.8 Å². The van der Waals surface area contributed by atoms with Gasteiger partial charge in [-0.05, 0) is 24.5 Å². The molecule has 1 atom stereocenters. The zero-order valence-corrected chi connectivity index (χ0v) is 13.4. The van der Waals surface area contributed by atoms with Gasteiger partial charge in [0.15, 0.2) is 0 Å². The summed E-state index contributed by atoms with van der Waals surface area (Å²) < 4.78 is 53.5. The molecule has 1 aromatic rings. The van der Waals surface area contributed by atoms with E-state index in [9.17, 15) is 17.6 Å². The smallest absolute Gasteiger partial charge is 0.396 e. The van der Waals surface area contributed by atoms with Crippen LogP contribution >= 0.6 is 12.4 Å². The van der Waals surface area contributed by atoms with Crippen LogP contribution in [0.4, 0.5) is 17.6 Å². The van der Waals surface area contributed by atoms with Gasteiger partial charge in [0, 0.05) is 38.8 Å². The van der Waals surface area contributed by atoms with Gasteiger partial charge in [0.25, 0.3) is 0 Å². The minimum atomic E-state index is -4.73. The second kappa shape index (κ2) is 8.82. The number of hydrogen-bond donors (Lipinski definition) is 2. The number of aliphatic hydroxyl groups excluding tert-OH is 1. The molecule has 0 radical (unpaired) electrons. The third-order valence-electron chi connectivity index (χ3n) is 3.92. The van der Waals surface area contributed by atoms with E-state index in [0.717, 1.165) is 6.07 Å². The van der Waals surface area contributed by atoms with E-state index in [1.165, 1.54) is 12.1 Å². The Labute approximate surface area is 139 Å². The lowest BCUT2D eigenvalue weighted by Gasteiger charge is -2.36. The van der Waals surface area contributed by atoms with Crippen molar-refractivity contribution in [3.05, 3.63) is 35.1 Å². The number of nitrogens with zero attached hydrogens (tertiary/aromatic N) is 1. The maximum atomic E-state index is 13.8. The van der Waals surface area contributed by atoms with Gasteiger partial charge < -0.3 is 10.4 Å². The fraction of sp³-hybridized carbons (Fsp3) is 0.600. The number of halogens is 5. The van der Waals surface area contributed by atoms with Crippen molar-refractivity contribution >= 4 is 12.4 Å². The molecule has 0 spiro atoms. The lowest BCUT2D eigenvalue weighted by atomic mass is 9.94. The van der Waals surface area contributed by atoms with Gasteiger partial charge in [-0.15, -0.1) is 12.4 Å². The van der Waals surface area contributed by atoms with Crippen molar-refractivity contribution in [3.63, 3.8) is 0 Å². The summed E-state index contributed by atoms with van der Waals surface area (Å²) in [6.07, 6.45) is -3.99. The molecule has 8 heteroatoms. The van der Waals surface area contributed by atoms with E-state index < -0.39 is 23.6 Å². The molecule has 1 aliphatic heterocycles. The predicted octanol–water partition coefficient (Wildman–Crippen LogP) is 2.99. The molecule has 0 aliphatic carbocycles. The van der Waals surface area contributed by atoms with Gasteiger partial charge in [0.1, 0.15) is 5.82 Å². The highest BCUT2D eigenvalue weighted by Crippen LogP contribution is 2.39. The van der Waals surface area contributed by atoms with Crippen molar-refractivity contribution in [2.45, 2.75) is 25.1 Å². The highest BCUT2D eigenvalue weighted by Gasteiger charge is 2.39. The zero-order chi connectivity index (χ0) is 16.2. The second-order valence-corrected chi connectivity index (χ2v) is 5.37. The molecular formula is C15H21ClF4N2O. The Kier molecular flexibility index (Phi) is 7.73. The molecule has 0 aromatic heterocycles. The Bertz CT molecular complexity index is 493. The Hall–Kier alpha value is -0.890. The molecule has 1 fully saturated rings. The third kappa shape index (κ3) is 5.04. The minimum absolute atomic E-state index is 0. The van der Waals surface area contributed by atoms with Gasteiger partial charge in [-0.2, -0.15) is 13.2 Å². The monoisotopic (exact) mass is 356 g/mol. The molecule has 0 unspecified atom stereocenters. The molecule has 2 N–H and O–H groups in total. The second-order valence-electron chi connectivity index (χ2n) is 5.37. The topological polar surface area (TPSA) is 35.5 Å². The van der Waals surface area contributed by atoms with Crippen LogP contribution in [0.1, 0.15) is 30.0 Å². The maximum Gasteiger partial charge on any atom is 0.419 e. The van der Waals surface area contributed by atoms with Crippen LogP contribution in [0.2, 0.25) is 0 Å². The van der Waals surface area contributed by atoms with Gasteiger partial charge in [0.2, 0.25) is 0 Å². The van der Waals surface area contributed by atoms with Crippen LogP contribution < -0.4 is 5.32 Å². The first kappa shape index (κ1) is 20.2. The van der Waals surface area contributed by atoms with Crippen LogP contribution in [0.15, 0.2) is 18.2 Å². The van der Waals surface area contributed by atoms with Gasteiger partial charge >= 0.3 is 6.18 Å². The molecule has 0 bridgehead atoms. The lowest BCUT2D eigenvalue weighted by Crippen LogP contribution is -2.45. The quantitative estimate of drug-likeness (QED) is 0.796. The van der Waals surface area contributed by atoms with Gasteiger partial charge in [-0.25, -0.2) is 4.39 Å². The molecule has 132 valence electrons. The van der Waals surface area contributed by atoms with Crippen LogP contribution in [-0.2, 0) is 6.18 Å². The summed E-state index contributed by atoms with van der Waals surface area (Å²) in [6.45, 7) is 2.48. The van der Waals surface area contributed by atoms with Crippen molar-refractivity contribution in [2.24, 2.45) is 0 Å². The van der Waals surface area contributed by atoms with E-state index in [1.807, 2.05) is 4.90 Å². The summed E-state index contributed by atoms with van der Waals surface area (Å²) in [6, 6.07) is 2.96. The number of hydrogen-bond acceptors (Lipinski definition) is 3. The van der Waals surface area contributed by atoms with Crippen molar-refractivity contribution < 1.29 is 22.7 Å². The highest BCUT2D eigenvalue weighted by molar-refractivity contribution is 5.85. The summed E-state index contributed by atoms with van der Waals surface area (Å²) in [7, 11) is 0. The standard InChI is InChI=1S/C15H20F4N2O.ClH/c16-12-4-1-3-11(14(12)15(17,18)19)13(5-2-10-22)21-8-6-20-7-9-21;/h1,3-4,13,20,22H,2,5-10H2;1H/t13-;/m1./s1. The van der Waals surface area contributed by atoms with E-state index in [-0.39, 0.29) is 24.6 Å². The molecule has 1 heterocycles. The largest absolute Gasteiger partial charge is 0.419 e. The summed E-state index contributed by atoms with van der Waals surface area (Å²) >= 11 is 0. The van der Waals surface area contributed by atoms with E-state index >= 15 is 0 Å². The first-order valence-corrected chi connectivity index (χ1v) is 7.36. The summed E-state index contributed by atoms with van der Waals surface area (Å²) in [4.78, 5) is 1.93. The van der Waals surface area contributed by atoms with Crippen molar-refractivity contribution in [1.82, 2.24) is 10.2 Å². The van der Waals surface area contributed by atoms with Crippen molar-refractivity contribution in [1.29, 1.82) is 0 Å². The molecule has 1 aliphatic rings. The zero-order valence-electron chi connectivity index (χ0n) is 12.6. The number of alkyl halides is 3. The molecule has 0 amide bonds. The number of benzene rings is 1. The number of aliphatic hydroxyl groups is 1. The average molecular weight is 357 g/mol. The molecule has 2 rings (SSSR count). The Morgan fingerprint density at radius 3 is 2.43 bits per heavy atom. The molecule has 23 heavy (non-hydrogen) atoms. The SMILES string of the molecule is Cl.OCCC[C@H](c1cccc(F)c1C(F)(F)F)N1CCNCC1. The van der Waals surface area contributed by atoms with Gasteiger partial charge in [0.05, 0.1) is 5.56 Å². The van der Waals surface area contributed by atoms with Crippen LogP contribution in [0.3, 0.4) is 0 Å². The first-order chi connectivity index (χ1) is 10.4. The van der Waals surface area contributed by atoms with Crippen LogP contribution in [0.5, 0.6) is 0 Å². The molecule has 3 nitrogen and oxygen atoms in total. The third-order valence-corrected chi connectivity index (χ3v) is 3.92. The highest BCUT2D eigenvalue weighted by atomic mass is 35.5. The molecule has 0 saturated carbocycles. The predicted molar refractivity (Wildman–Crippen MR) is 82.2 cm³/mol. The molecule has 1 saturated heterocycles. The first-order valence-electron chi connectivity index (χ1n) is 7.36. The van der Waals surface area contributed by atoms with E-state index in [2.05, 4.69) is 5.32 Å².